The lowest BCUT2D eigenvalue weighted by atomic mass is 9.98. The Hall–Kier alpha value is -7.49. The van der Waals surface area contributed by atoms with Gasteiger partial charge in [-0.15, -0.1) is 0 Å². The van der Waals surface area contributed by atoms with Gasteiger partial charge in [0.05, 0.1) is 28.3 Å². The zero-order valence-corrected chi connectivity index (χ0v) is 30.5. The minimum Gasteiger partial charge on any atom is -0.309 e. The highest BCUT2D eigenvalue weighted by atomic mass is 15.0. The van der Waals surface area contributed by atoms with Crippen LogP contribution in [0.25, 0.3) is 99.5 Å². The molecule has 11 rings (SSSR count). The lowest BCUT2D eigenvalue weighted by Crippen LogP contribution is -1.96. The van der Waals surface area contributed by atoms with Gasteiger partial charge in [0.1, 0.15) is 0 Å². The van der Waals surface area contributed by atoms with Gasteiger partial charge in [-0.3, -0.25) is 4.98 Å². The van der Waals surface area contributed by atoms with E-state index in [1.165, 1.54) is 77.1 Å². The van der Waals surface area contributed by atoms with Crippen molar-refractivity contribution in [1.29, 1.82) is 0 Å². The van der Waals surface area contributed by atoms with E-state index >= 15 is 0 Å². The van der Waals surface area contributed by atoms with Gasteiger partial charge in [-0.05, 0) is 111 Å². The Balaban J connectivity index is 1.06. The predicted octanol–water partition coefficient (Wildman–Crippen LogP) is 13.9. The summed E-state index contributed by atoms with van der Waals surface area (Å²) in [6, 6.07) is 72.4. The van der Waals surface area contributed by atoms with Crippen molar-refractivity contribution < 1.29 is 0 Å². The minimum atomic E-state index is 1.08. The van der Waals surface area contributed by atoms with E-state index in [1.54, 1.807) is 0 Å². The normalized spacial score (nSPS) is 11.6. The third kappa shape index (κ3) is 5.32. The summed E-state index contributed by atoms with van der Waals surface area (Å²) >= 11 is 0. The quantitative estimate of drug-likeness (QED) is 0.168. The topological polar surface area (TPSA) is 22.8 Å². The highest BCUT2D eigenvalue weighted by Gasteiger charge is 2.17. The van der Waals surface area contributed by atoms with Crippen LogP contribution in [0.1, 0.15) is 0 Å². The Labute approximate surface area is 325 Å². The SMILES string of the molecule is c1ccc(-c2ccc(-n3c4ccccc4c4cc(-c5ccc6c(c5)c5ccncc5n6-c5cc(-c6ccccc6)cc(-c6ccccc6)c5)ccc43)cc2)cc1. The summed E-state index contributed by atoms with van der Waals surface area (Å²) < 4.78 is 4.76. The molecule has 0 N–H and O–H groups in total. The maximum Gasteiger partial charge on any atom is 0.0724 e. The molecule has 0 bridgehead atoms. The highest BCUT2D eigenvalue weighted by Crippen LogP contribution is 2.40. The van der Waals surface area contributed by atoms with Crippen LogP contribution in [0.2, 0.25) is 0 Å². The number of rotatable bonds is 6. The van der Waals surface area contributed by atoms with Crippen molar-refractivity contribution in [3.8, 4) is 55.9 Å². The van der Waals surface area contributed by atoms with Crippen LogP contribution in [-0.2, 0) is 0 Å². The third-order valence-electron chi connectivity index (χ3n) is 11.2. The first-order valence-corrected chi connectivity index (χ1v) is 19.1. The molecule has 0 unspecified atom stereocenters. The van der Waals surface area contributed by atoms with Gasteiger partial charge in [0, 0.05) is 39.1 Å². The molecule has 8 aromatic carbocycles. The molecule has 0 aliphatic carbocycles. The van der Waals surface area contributed by atoms with Gasteiger partial charge in [-0.1, -0.05) is 133 Å². The molecule has 3 nitrogen and oxygen atoms in total. The molecule has 0 fully saturated rings. The van der Waals surface area contributed by atoms with Gasteiger partial charge >= 0.3 is 0 Å². The summed E-state index contributed by atoms with van der Waals surface area (Å²) in [4.78, 5) is 4.62. The van der Waals surface area contributed by atoms with E-state index in [4.69, 9.17) is 0 Å². The fourth-order valence-electron chi connectivity index (χ4n) is 8.53. The Bertz CT molecular complexity index is 3150. The average Bonchev–Trinajstić information content (AvgIpc) is 3.79. The maximum atomic E-state index is 4.62. The van der Waals surface area contributed by atoms with Gasteiger partial charge in [-0.25, -0.2) is 0 Å². The Morgan fingerprint density at radius 1 is 0.268 bits per heavy atom. The fraction of sp³-hybridized carbons (Fsp3) is 0. The monoisotopic (exact) mass is 713 g/mol. The summed E-state index contributed by atoms with van der Waals surface area (Å²) in [5.41, 5.74) is 16.4. The van der Waals surface area contributed by atoms with Crippen LogP contribution in [0.15, 0.2) is 213 Å². The van der Waals surface area contributed by atoms with Crippen LogP contribution in [0.5, 0.6) is 0 Å². The van der Waals surface area contributed by atoms with Crippen LogP contribution in [0.4, 0.5) is 0 Å². The summed E-state index contributed by atoms with van der Waals surface area (Å²) in [5, 5.41) is 4.86. The lowest BCUT2D eigenvalue weighted by Gasteiger charge is -2.14. The molecule has 0 spiro atoms. The van der Waals surface area contributed by atoms with Gasteiger partial charge in [0.15, 0.2) is 0 Å². The largest absolute Gasteiger partial charge is 0.309 e. The van der Waals surface area contributed by atoms with Crippen molar-refractivity contribution in [3.63, 3.8) is 0 Å². The molecule has 0 radical (unpaired) electrons. The minimum absolute atomic E-state index is 1.08. The Morgan fingerprint density at radius 3 is 1.30 bits per heavy atom. The Morgan fingerprint density at radius 2 is 0.714 bits per heavy atom. The number of aromatic nitrogens is 3. The van der Waals surface area contributed by atoms with Crippen LogP contribution in [-0.4, -0.2) is 14.1 Å². The molecular formula is C53H35N3. The molecule has 3 heteroatoms. The number of para-hydroxylation sites is 1. The molecule has 3 aromatic heterocycles. The molecule has 0 saturated carbocycles. The zero-order chi connectivity index (χ0) is 37.0. The first-order valence-electron chi connectivity index (χ1n) is 19.1. The second kappa shape index (κ2) is 13.1. The van der Waals surface area contributed by atoms with Crippen molar-refractivity contribution in [2.45, 2.75) is 0 Å². The molecule has 0 aliphatic heterocycles. The van der Waals surface area contributed by atoms with Gasteiger partial charge in [-0.2, -0.15) is 0 Å². The van der Waals surface area contributed by atoms with Gasteiger partial charge in [0.2, 0.25) is 0 Å². The van der Waals surface area contributed by atoms with E-state index < -0.39 is 0 Å². The van der Waals surface area contributed by atoms with Crippen molar-refractivity contribution in [3.05, 3.63) is 213 Å². The number of hydrogen-bond donors (Lipinski definition) is 0. The molecule has 0 amide bonds. The van der Waals surface area contributed by atoms with Gasteiger partial charge in [0.25, 0.3) is 0 Å². The smallest absolute Gasteiger partial charge is 0.0724 e. The van der Waals surface area contributed by atoms with Crippen LogP contribution in [0.3, 0.4) is 0 Å². The van der Waals surface area contributed by atoms with Crippen molar-refractivity contribution >= 4 is 43.6 Å². The van der Waals surface area contributed by atoms with E-state index in [2.05, 4.69) is 214 Å². The highest BCUT2D eigenvalue weighted by molar-refractivity contribution is 6.12. The fourth-order valence-corrected chi connectivity index (χ4v) is 8.53. The third-order valence-corrected chi connectivity index (χ3v) is 11.2. The number of nitrogens with zero attached hydrogens (tertiary/aromatic N) is 3. The van der Waals surface area contributed by atoms with Crippen LogP contribution in [0, 0.1) is 0 Å². The van der Waals surface area contributed by atoms with E-state index in [0.717, 1.165) is 22.4 Å². The van der Waals surface area contributed by atoms with Crippen molar-refractivity contribution in [1.82, 2.24) is 14.1 Å². The summed E-state index contributed by atoms with van der Waals surface area (Å²) in [5.74, 6) is 0. The van der Waals surface area contributed by atoms with Gasteiger partial charge < -0.3 is 9.13 Å². The van der Waals surface area contributed by atoms with Crippen molar-refractivity contribution in [2.24, 2.45) is 0 Å². The zero-order valence-electron chi connectivity index (χ0n) is 30.5. The van der Waals surface area contributed by atoms with Crippen molar-refractivity contribution in [2.75, 3.05) is 0 Å². The first-order chi connectivity index (χ1) is 27.8. The molecule has 11 aromatic rings. The number of benzene rings is 8. The Kier molecular flexibility index (Phi) is 7.49. The number of pyridine rings is 1. The molecular weight excluding hydrogens is 679 g/mol. The number of fused-ring (bicyclic) bond motifs is 6. The molecule has 0 atom stereocenters. The average molecular weight is 714 g/mol. The second-order valence-electron chi connectivity index (χ2n) is 14.5. The summed E-state index contributed by atoms with van der Waals surface area (Å²) in [6.07, 6.45) is 3.90. The second-order valence-corrected chi connectivity index (χ2v) is 14.5. The maximum absolute atomic E-state index is 4.62. The first kappa shape index (κ1) is 32.0. The van der Waals surface area contributed by atoms with E-state index in [1.807, 2.05) is 12.4 Å². The van der Waals surface area contributed by atoms with E-state index in [-0.39, 0.29) is 0 Å². The van der Waals surface area contributed by atoms with E-state index in [0.29, 0.717) is 0 Å². The summed E-state index contributed by atoms with van der Waals surface area (Å²) in [7, 11) is 0. The molecule has 0 saturated heterocycles. The standard InChI is InChI=1S/C53H35N3/c1-4-12-36(13-5-1)39-20-24-44(25-21-39)55-50-19-11-10-18-46(50)48-33-40(22-26-51(48)55)41-23-27-52-49(34-41)47-28-29-54-35-53(47)56(52)45-31-42(37-14-6-2-7-15-37)30-43(32-45)38-16-8-3-9-17-38/h1-35H. The van der Waals surface area contributed by atoms with E-state index in [9.17, 15) is 0 Å². The summed E-state index contributed by atoms with van der Waals surface area (Å²) in [6.45, 7) is 0. The molecule has 3 heterocycles. The van der Waals surface area contributed by atoms with Crippen LogP contribution >= 0.6 is 0 Å². The number of hydrogen-bond acceptors (Lipinski definition) is 1. The molecule has 0 aliphatic rings. The predicted molar refractivity (Wildman–Crippen MR) is 235 cm³/mol. The van der Waals surface area contributed by atoms with Crippen LogP contribution < -0.4 is 0 Å². The molecule has 262 valence electrons. The lowest BCUT2D eigenvalue weighted by molar-refractivity contribution is 1.17. The molecule has 56 heavy (non-hydrogen) atoms.